The summed E-state index contributed by atoms with van der Waals surface area (Å²) in [7, 11) is 0. The van der Waals surface area contributed by atoms with Gasteiger partial charge in [-0.05, 0) is 38.0 Å². The van der Waals surface area contributed by atoms with E-state index in [1.165, 1.54) is 5.56 Å². The first-order valence-electron chi connectivity index (χ1n) is 6.53. The van der Waals surface area contributed by atoms with Crippen molar-refractivity contribution in [1.82, 2.24) is 0 Å². The van der Waals surface area contributed by atoms with Gasteiger partial charge in [-0.1, -0.05) is 42.0 Å². The predicted octanol–water partition coefficient (Wildman–Crippen LogP) is 3.94. The van der Waals surface area contributed by atoms with E-state index in [0.717, 1.165) is 22.4 Å². The summed E-state index contributed by atoms with van der Waals surface area (Å²) in [6, 6.07) is 14.1. The van der Waals surface area contributed by atoms with E-state index in [-0.39, 0.29) is 0 Å². The Kier molecular flexibility index (Phi) is 4.23. The summed E-state index contributed by atoms with van der Waals surface area (Å²) in [5.74, 6) is 0.760. The Morgan fingerprint density at radius 2 is 1.63 bits per heavy atom. The molecule has 0 spiro atoms. The van der Waals surface area contributed by atoms with Gasteiger partial charge in [0.25, 0.3) is 0 Å². The fraction of sp³-hybridized carbons (Fsp3) is 0.294. The van der Waals surface area contributed by atoms with E-state index in [1.807, 2.05) is 25.1 Å². The first-order chi connectivity index (χ1) is 9.06. The molecule has 2 aromatic rings. The highest BCUT2D eigenvalue weighted by atomic mass is 16.5. The highest BCUT2D eigenvalue weighted by molar-refractivity contribution is 5.38. The molecule has 2 rings (SSSR count). The highest BCUT2D eigenvalue weighted by Gasteiger charge is 2.09. The average molecular weight is 256 g/mol. The molecule has 0 fully saturated rings. The zero-order valence-electron chi connectivity index (χ0n) is 11.7. The molecule has 0 aliphatic carbocycles. The lowest BCUT2D eigenvalue weighted by molar-refractivity contribution is 0.190. The van der Waals surface area contributed by atoms with E-state index in [0.29, 0.717) is 6.61 Å². The van der Waals surface area contributed by atoms with Crippen LogP contribution in [0.1, 0.15) is 35.3 Å². The molecule has 0 bridgehead atoms. The third kappa shape index (κ3) is 3.58. The van der Waals surface area contributed by atoms with Crippen molar-refractivity contribution in [2.45, 2.75) is 33.5 Å². The predicted molar refractivity (Wildman–Crippen MR) is 77.3 cm³/mol. The van der Waals surface area contributed by atoms with Crippen molar-refractivity contribution in [3.63, 3.8) is 0 Å². The van der Waals surface area contributed by atoms with Crippen LogP contribution in [-0.2, 0) is 6.61 Å². The van der Waals surface area contributed by atoms with E-state index in [4.69, 9.17) is 4.74 Å². The van der Waals surface area contributed by atoms with Crippen LogP contribution in [0, 0.1) is 13.8 Å². The second-order valence-corrected chi connectivity index (χ2v) is 4.99. The van der Waals surface area contributed by atoms with Crippen molar-refractivity contribution in [2.75, 3.05) is 0 Å². The lowest BCUT2D eigenvalue weighted by atomic mass is 10.1. The molecule has 2 heteroatoms. The van der Waals surface area contributed by atoms with Crippen LogP contribution in [0.5, 0.6) is 5.75 Å². The van der Waals surface area contributed by atoms with Crippen molar-refractivity contribution < 1.29 is 9.84 Å². The molecule has 0 saturated heterocycles. The number of benzene rings is 2. The maximum atomic E-state index is 9.75. The van der Waals surface area contributed by atoms with E-state index in [2.05, 4.69) is 31.2 Å². The number of hydrogen-bond acceptors (Lipinski definition) is 2. The van der Waals surface area contributed by atoms with Crippen LogP contribution in [0.15, 0.2) is 42.5 Å². The lowest BCUT2D eigenvalue weighted by Gasteiger charge is -2.14. The number of aliphatic hydroxyl groups is 1. The fourth-order valence-corrected chi connectivity index (χ4v) is 1.96. The minimum atomic E-state index is -0.520. The molecule has 1 atom stereocenters. The summed E-state index contributed by atoms with van der Waals surface area (Å²) in [4.78, 5) is 0. The molecule has 0 amide bonds. The molecule has 100 valence electrons. The van der Waals surface area contributed by atoms with E-state index in [9.17, 15) is 5.11 Å². The van der Waals surface area contributed by atoms with Gasteiger partial charge in [-0.3, -0.25) is 0 Å². The van der Waals surface area contributed by atoms with Crippen LogP contribution in [-0.4, -0.2) is 5.11 Å². The molecule has 2 aromatic carbocycles. The SMILES string of the molecule is Cc1ccc(COc2cc(C)ccc2[C@H](C)O)cc1. The second-order valence-electron chi connectivity index (χ2n) is 4.99. The Balaban J connectivity index is 2.14. The minimum absolute atomic E-state index is 0.517. The minimum Gasteiger partial charge on any atom is -0.489 e. The molecular weight excluding hydrogens is 236 g/mol. The van der Waals surface area contributed by atoms with E-state index >= 15 is 0 Å². The molecule has 0 aliphatic rings. The van der Waals surface area contributed by atoms with Gasteiger partial charge < -0.3 is 9.84 Å². The topological polar surface area (TPSA) is 29.5 Å². The second kappa shape index (κ2) is 5.89. The molecule has 0 saturated carbocycles. The van der Waals surface area contributed by atoms with Crippen molar-refractivity contribution in [3.05, 3.63) is 64.7 Å². The molecule has 0 radical (unpaired) electrons. The standard InChI is InChI=1S/C17H20O2/c1-12-4-7-15(8-5-12)11-19-17-10-13(2)6-9-16(17)14(3)18/h4-10,14,18H,11H2,1-3H3/t14-/m0/s1. The Bertz CT molecular complexity index is 542. The Hall–Kier alpha value is -1.80. The smallest absolute Gasteiger partial charge is 0.125 e. The molecule has 0 heterocycles. The van der Waals surface area contributed by atoms with Gasteiger partial charge in [0.05, 0.1) is 6.10 Å². The lowest BCUT2D eigenvalue weighted by Crippen LogP contribution is -2.01. The van der Waals surface area contributed by atoms with Gasteiger partial charge in [0, 0.05) is 5.56 Å². The average Bonchev–Trinajstić information content (AvgIpc) is 2.38. The number of aryl methyl sites for hydroxylation is 2. The number of ether oxygens (including phenoxy) is 1. The third-order valence-corrected chi connectivity index (χ3v) is 3.13. The van der Waals surface area contributed by atoms with Crippen molar-refractivity contribution in [1.29, 1.82) is 0 Å². The molecule has 2 nitrogen and oxygen atoms in total. The largest absolute Gasteiger partial charge is 0.489 e. The third-order valence-electron chi connectivity index (χ3n) is 3.13. The zero-order valence-corrected chi connectivity index (χ0v) is 11.7. The number of aliphatic hydroxyl groups excluding tert-OH is 1. The van der Waals surface area contributed by atoms with Crippen LogP contribution in [0.3, 0.4) is 0 Å². The van der Waals surface area contributed by atoms with Gasteiger partial charge in [0.15, 0.2) is 0 Å². The summed E-state index contributed by atoms with van der Waals surface area (Å²) < 4.78 is 5.85. The molecule has 0 unspecified atom stereocenters. The fourth-order valence-electron chi connectivity index (χ4n) is 1.96. The number of rotatable bonds is 4. The van der Waals surface area contributed by atoms with Crippen molar-refractivity contribution in [2.24, 2.45) is 0 Å². The molecule has 19 heavy (non-hydrogen) atoms. The quantitative estimate of drug-likeness (QED) is 0.898. The van der Waals surface area contributed by atoms with Crippen molar-refractivity contribution in [3.8, 4) is 5.75 Å². The summed E-state index contributed by atoms with van der Waals surface area (Å²) >= 11 is 0. The van der Waals surface area contributed by atoms with Gasteiger partial charge in [-0.15, -0.1) is 0 Å². The summed E-state index contributed by atoms with van der Waals surface area (Å²) in [5.41, 5.74) is 4.33. The van der Waals surface area contributed by atoms with Crippen LogP contribution in [0.4, 0.5) is 0 Å². The van der Waals surface area contributed by atoms with E-state index in [1.54, 1.807) is 6.92 Å². The number of hydrogen-bond donors (Lipinski definition) is 1. The van der Waals surface area contributed by atoms with Crippen LogP contribution < -0.4 is 4.74 Å². The van der Waals surface area contributed by atoms with Gasteiger partial charge in [-0.2, -0.15) is 0 Å². The van der Waals surface area contributed by atoms with E-state index < -0.39 is 6.10 Å². The highest BCUT2D eigenvalue weighted by Crippen LogP contribution is 2.27. The van der Waals surface area contributed by atoms with Crippen LogP contribution in [0.2, 0.25) is 0 Å². The Labute approximate surface area is 114 Å². The van der Waals surface area contributed by atoms with Gasteiger partial charge in [0.2, 0.25) is 0 Å². The first-order valence-corrected chi connectivity index (χ1v) is 6.53. The summed E-state index contributed by atoms with van der Waals surface area (Å²) in [6.07, 6.45) is -0.520. The molecule has 1 N–H and O–H groups in total. The van der Waals surface area contributed by atoms with Gasteiger partial charge >= 0.3 is 0 Å². The van der Waals surface area contributed by atoms with Gasteiger partial charge in [0.1, 0.15) is 12.4 Å². The van der Waals surface area contributed by atoms with Crippen molar-refractivity contribution >= 4 is 0 Å². The van der Waals surface area contributed by atoms with Crippen LogP contribution in [0.25, 0.3) is 0 Å². The van der Waals surface area contributed by atoms with Crippen LogP contribution >= 0.6 is 0 Å². The van der Waals surface area contributed by atoms with Gasteiger partial charge in [-0.25, -0.2) is 0 Å². The maximum Gasteiger partial charge on any atom is 0.125 e. The normalized spacial score (nSPS) is 12.2. The Morgan fingerprint density at radius 3 is 2.26 bits per heavy atom. The zero-order chi connectivity index (χ0) is 13.8. The summed E-state index contributed by atoms with van der Waals surface area (Å²) in [6.45, 7) is 6.36. The molecule has 0 aromatic heterocycles. The first kappa shape index (κ1) is 13.6. The molecule has 0 aliphatic heterocycles. The Morgan fingerprint density at radius 1 is 1.00 bits per heavy atom. The summed E-state index contributed by atoms with van der Waals surface area (Å²) in [5, 5.41) is 9.75. The monoisotopic (exact) mass is 256 g/mol. The molecular formula is C17H20O2. The maximum absolute atomic E-state index is 9.75.